The minimum atomic E-state index is -4.73. The molecule has 0 aliphatic carbocycles. The highest BCUT2D eigenvalue weighted by Gasteiger charge is 2.32. The molecular weight excluding hydrogens is 257 g/mol. The van der Waals surface area contributed by atoms with Gasteiger partial charge in [0.15, 0.2) is 0 Å². The number of nitro groups is 1. The molecule has 2 N–H and O–H groups in total. The summed E-state index contributed by atoms with van der Waals surface area (Å²) in [5, 5.41) is 10.5. The highest BCUT2D eigenvalue weighted by atomic mass is 19.4. The predicted octanol–water partition coefficient (Wildman–Crippen LogP) is 2.21. The average Bonchev–Trinajstić information content (AvgIpc) is 2.24. The van der Waals surface area contributed by atoms with Crippen LogP contribution in [0.15, 0.2) is 18.2 Å². The number of nitro benzene ring substituents is 1. The Bertz CT molecular complexity index is 487. The van der Waals surface area contributed by atoms with E-state index >= 15 is 0 Å². The maximum atomic E-state index is 12.5. The number of hydrogen-bond acceptors (Lipinski definition) is 4. The fourth-order valence-electron chi connectivity index (χ4n) is 1.18. The smallest absolute Gasteiger partial charge is 0.416 e. The van der Waals surface area contributed by atoms with Crippen LogP contribution in [-0.4, -0.2) is 11.0 Å². The molecule has 0 unspecified atom stereocenters. The van der Waals surface area contributed by atoms with Gasteiger partial charge in [0.25, 0.3) is 5.69 Å². The average molecular weight is 264 g/mol. The van der Waals surface area contributed by atoms with E-state index in [-0.39, 0.29) is 5.56 Å². The van der Waals surface area contributed by atoms with Crippen molar-refractivity contribution < 1.29 is 27.6 Å². The first-order chi connectivity index (χ1) is 8.20. The minimum absolute atomic E-state index is 0.171. The summed E-state index contributed by atoms with van der Waals surface area (Å²) in [6.07, 6.45) is -5.91. The summed E-state index contributed by atoms with van der Waals surface area (Å²) < 4.78 is 41.6. The Labute approximate surface area is 98.3 Å². The molecule has 0 radical (unpaired) electrons. The summed E-state index contributed by atoms with van der Waals surface area (Å²) in [6, 6.07) is 1.92. The lowest BCUT2D eigenvalue weighted by atomic mass is 10.1. The van der Waals surface area contributed by atoms with Crippen molar-refractivity contribution >= 4 is 11.8 Å². The van der Waals surface area contributed by atoms with Crippen molar-refractivity contribution in [3.8, 4) is 0 Å². The second-order valence-corrected chi connectivity index (χ2v) is 3.25. The Morgan fingerprint density at radius 2 is 2.00 bits per heavy atom. The van der Waals surface area contributed by atoms with Gasteiger partial charge in [-0.2, -0.15) is 13.2 Å². The number of benzene rings is 1. The zero-order chi connectivity index (χ0) is 13.9. The van der Waals surface area contributed by atoms with Gasteiger partial charge < -0.3 is 10.5 Å². The van der Waals surface area contributed by atoms with Crippen LogP contribution in [0.2, 0.25) is 0 Å². The minimum Gasteiger partial charge on any atom is -0.445 e. The normalized spacial score (nSPS) is 11.1. The predicted molar refractivity (Wildman–Crippen MR) is 52.5 cm³/mol. The van der Waals surface area contributed by atoms with Crippen molar-refractivity contribution in [2.24, 2.45) is 5.73 Å². The quantitative estimate of drug-likeness (QED) is 0.668. The van der Waals surface area contributed by atoms with Crippen LogP contribution in [0.5, 0.6) is 0 Å². The molecule has 0 fully saturated rings. The van der Waals surface area contributed by atoms with Gasteiger partial charge in [-0.05, 0) is 11.6 Å². The van der Waals surface area contributed by atoms with Crippen LogP contribution in [0.1, 0.15) is 11.1 Å². The number of primary amides is 1. The molecule has 0 spiro atoms. The van der Waals surface area contributed by atoms with E-state index in [1.54, 1.807) is 0 Å². The van der Waals surface area contributed by atoms with Crippen LogP contribution in [0, 0.1) is 10.1 Å². The van der Waals surface area contributed by atoms with E-state index in [2.05, 4.69) is 10.5 Å². The zero-order valence-corrected chi connectivity index (χ0v) is 8.73. The van der Waals surface area contributed by atoms with Crippen molar-refractivity contribution in [1.82, 2.24) is 0 Å². The first kappa shape index (κ1) is 13.7. The Morgan fingerprint density at radius 3 is 2.44 bits per heavy atom. The van der Waals surface area contributed by atoms with Crippen LogP contribution in [0.25, 0.3) is 0 Å². The number of ether oxygens (including phenoxy) is 1. The summed E-state index contributed by atoms with van der Waals surface area (Å²) in [5.74, 6) is 0. The molecule has 0 aromatic heterocycles. The van der Waals surface area contributed by atoms with Crippen molar-refractivity contribution in [2.45, 2.75) is 12.8 Å². The lowest BCUT2D eigenvalue weighted by Crippen LogP contribution is -2.13. The molecule has 0 heterocycles. The molecule has 6 nitrogen and oxygen atoms in total. The monoisotopic (exact) mass is 264 g/mol. The summed E-state index contributed by atoms with van der Waals surface area (Å²) in [7, 11) is 0. The second kappa shape index (κ2) is 4.90. The van der Waals surface area contributed by atoms with E-state index in [9.17, 15) is 28.1 Å². The van der Waals surface area contributed by atoms with Gasteiger partial charge in [-0.15, -0.1) is 0 Å². The zero-order valence-electron chi connectivity index (χ0n) is 8.73. The first-order valence-corrected chi connectivity index (χ1v) is 4.48. The van der Waals surface area contributed by atoms with Gasteiger partial charge >= 0.3 is 12.3 Å². The van der Waals surface area contributed by atoms with Crippen LogP contribution in [-0.2, 0) is 17.5 Å². The molecular formula is C9H7F3N2O4. The summed E-state index contributed by atoms with van der Waals surface area (Å²) >= 11 is 0. The van der Waals surface area contributed by atoms with Crippen LogP contribution in [0.3, 0.4) is 0 Å². The third-order valence-corrected chi connectivity index (χ3v) is 1.90. The van der Waals surface area contributed by atoms with Crippen LogP contribution in [0.4, 0.5) is 23.7 Å². The number of nitrogens with two attached hydrogens (primary N) is 1. The third kappa shape index (κ3) is 3.61. The molecule has 0 bridgehead atoms. The number of amides is 1. The summed E-state index contributed by atoms with van der Waals surface area (Å²) in [5.41, 5.74) is 2.54. The summed E-state index contributed by atoms with van der Waals surface area (Å²) in [6.45, 7) is -0.569. The Kier molecular flexibility index (Phi) is 3.74. The molecule has 1 amide bonds. The van der Waals surface area contributed by atoms with Crippen molar-refractivity contribution in [3.05, 3.63) is 39.4 Å². The van der Waals surface area contributed by atoms with Gasteiger partial charge in [0.1, 0.15) is 6.61 Å². The Hall–Kier alpha value is -2.32. The van der Waals surface area contributed by atoms with Gasteiger partial charge in [-0.3, -0.25) is 10.1 Å². The Balaban J connectivity index is 3.14. The fraction of sp³-hybridized carbons (Fsp3) is 0.222. The number of carbonyl (C=O) groups excluding carboxylic acids is 1. The topological polar surface area (TPSA) is 95.5 Å². The molecule has 0 atom stereocenters. The van der Waals surface area contributed by atoms with Crippen molar-refractivity contribution in [3.63, 3.8) is 0 Å². The number of alkyl halides is 3. The molecule has 0 aliphatic rings. The van der Waals surface area contributed by atoms with Gasteiger partial charge in [0.05, 0.1) is 10.5 Å². The van der Waals surface area contributed by atoms with E-state index < -0.39 is 35.1 Å². The van der Waals surface area contributed by atoms with Gasteiger partial charge in [0, 0.05) is 12.1 Å². The van der Waals surface area contributed by atoms with Crippen LogP contribution >= 0.6 is 0 Å². The van der Waals surface area contributed by atoms with Gasteiger partial charge in [-0.25, -0.2) is 4.79 Å². The number of halogens is 3. The largest absolute Gasteiger partial charge is 0.445 e. The van der Waals surface area contributed by atoms with Gasteiger partial charge in [0.2, 0.25) is 0 Å². The number of hydrogen-bond donors (Lipinski definition) is 1. The molecule has 0 saturated heterocycles. The van der Waals surface area contributed by atoms with E-state index in [1.807, 2.05) is 0 Å². The highest BCUT2D eigenvalue weighted by Crippen LogP contribution is 2.32. The molecule has 9 heteroatoms. The van der Waals surface area contributed by atoms with Crippen molar-refractivity contribution in [1.29, 1.82) is 0 Å². The third-order valence-electron chi connectivity index (χ3n) is 1.90. The van der Waals surface area contributed by atoms with Crippen LogP contribution < -0.4 is 5.73 Å². The van der Waals surface area contributed by atoms with E-state index in [4.69, 9.17) is 0 Å². The van der Waals surface area contributed by atoms with E-state index in [0.717, 1.165) is 6.07 Å². The van der Waals surface area contributed by atoms with E-state index in [1.165, 1.54) is 0 Å². The first-order valence-electron chi connectivity index (χ1n) is 4.48. The number of rotatable bonds is 3. The lowest BCUT2D eigenvalue weighted by molar-refractivity contribution is -0.385. The number of non-ortho nitro benzene ring substituents is 1. The Morgan fingerprint density at radius 1 is 1.39 bits per heavy atom. The molecule has 0 aliphatic heterocycles. The van der Waals surface area contributed by atoms with Crippen molar-refractivity contribution in [2.75, 3.05) is 0 Å². The molecule has 98 valence electrons. The number of carbonyl (C=O) groups is 1. The molecule has 18 heavy (non-hydrogen) atoms. The SMILES string of the molecule is NC(=O)OCc1cc([N+](=O)[O-])cc(C(F)(F)F)c1. The lowest BCUT2D eigenvalue weighted by Gasteiger charge is -2.09. The highest BCUT2D eigenvalue weighted by molar-refractivity contribution is 5.64. The summed E-state index contributed by atoms with van der Waals surface area (Å²) in [4.78, 5) is 19.8. The molecule has 1 rings (SSSR count). The van der Waals surface area contributed by atoms with E-state index in [0.29, 0.717) is 12.1 Å². The molecule has 1 aromatic carbocycles. The standard InChI is InChI=1S/C9H7F3N2O4/c10-9(11,12)6-1-5(4-18-8(13)15)2-7(3-6)14(16)17/h1-3H,4H2,(H2,13,15). The maximum Gasteiger partial charge on any atom is 0.416 e. The fourth-order valence-corrected chi connectivity index (χ4v) is 1.18. The second-order valence-electron chi connectivity index (χ2n) is 3.25. The molecule has 0 saturated carbocycles. The number of nitrogens with zero attached hydrogens (tertiary/aromatic N) is 1. The molecule has 1 aromatic rings. The maximum absolute atomic E-state index is 12.5. The van der Waals surface area contributed by atoms with Gasteiger partial charge in [-0.1, -0.05) is 0 Å².